The average Bonchev–Trinajstić information content (AvgIpc) is 3.20. The quantitative estimate of drug-likeness (QED) is 0.401. The molecule has 1 aliphatic rings. The highest BCUT2D eigenvalue weighted by Gasteiger charge is 2.35. The molecule has 0 unspecified atom stereocenters. The fourth-order valence-electron chi connectivity index (χ4n) is 2.92. The summed E-state index contributed by atoms with van der Waals surface area (Å²) in [7, 11) is 0. The Morgan fingerprint density at radius 1 is 1.11 bits per heavy atom. The molecular weight excluding hydrogens is 444 g/mol. The topological polar surface area (TPSA) is 62.6 Å². The van der Waals surface area contributed by atoms with E-state index >= 15 is 0 Å². The standard InChI is InChI=1S/C21H14BrClN2O3/c1-12-5-7-16(17(22)9-12)19-8-6-15(28-19)11-18-20(26)25(21(27)24-18)14-4-2-3-13(23)10-14/h2-11H,1H3,(H,24,27). The highest BCUT2D eigenvalue weighted by atomic mass is 79.9. The molecule has 2 heterocycles. The summed E-state index contributed by atoms with van der Waals surface area (Å²) in [5.41, 5.74) is 2.57. The van der Waals surface area contributed by atoms with Crippen LogP contribution in [0.15, 0.2) is 69.2 Å². The Kier molecular flexibility index (Phi) is 4.83. The van der Waals surface area contributed by atoms with E-state index in [-0.39, 0.29) is 5.70 Å². The summed E-state index contributed by atoms with van der Waals surface area (Å²) in [5, 5.41) is 3.01. The van der Waals surface area contributed by atoms with Crippen LogP contribution in [-0.2, 0) is 4.79 Å². The molecule has 28 heavy (non-hydrogen) atoms. The number of nitrogens with one attached hydrogen (secondary N) is 1. The number of halogens is 2. The predicted molar refractivity (Wildman–Crippen MR) is 112 cm³/mol. The molecule has 5 nitrogen and oxygen atoms in total. The molecule has 4 rings (SSSR count). The second kappa shape index (κ2) is 7.30. The van der Waals surface area contributed by atoms with Gasteiger partial charge in [0.25, 0.3) is 5.91 Å². The van der Waals surface area contributed by atoms with E-state index in [1.165, 1.54) is 6.08 Å². The molecule has 3 aromatic rings. The van der Waals surface area contributed by atoms with Crippen LogP contribution in [0.1, 0.15) is 11.3 Å². The molecule has 1 N–H and O–H groups in total. The Bertz CT molecular complexity index is 1140. The van der Waals surface area contributed by atoms with Crippen molar-refractivity contribution in [3.8, 4) is 11.3 Å². The zero-order chi connectivity index (χ0) is 19.8. The predicted octanol–water partition coefficient (Wildman–Crippen LogP) is 5.77. The Morgan fingerprint density at radius 3 is 2.68 bits per heavy atom. The smallest absolute Gasteiger partial charge is 0.333 e. The zero-order valence-corrected chi connectivity index (χ0v) is 17.0. The van der Waals surface area contributed by atoms with Gasteiger partial charge >= 0.3 is 6.03 Å². The average molecular weight is 458 g/mol. The molecule has 2 aromatic carbocycles. The van der Waals surface area contributed by atoms with Crippen LogP contribution in [-0.4, -0.2) is 11.9 Å². The van der Waals surface area contributed by atoms with E-state index in [0.717, 1.165) is 20.5 Å². The van der Waals surface area contributed by atoms with Crippen LogP contribution in [0.3, 0.4) is 0 Å². The molecule has 0 spiro atoms. The minimum atomic E-state index is -0.536. The number of aryl methyl sites for hydroxylation is 1. The highest BCUT2D eigenvalue weighted by Crippen LogP contribution is 2.31. The summed E-state index contributed by atoms with van der Waals surface area (Å²) in [5.74, 6) is 0.642. The number of benzene rings is 2. The molecule has 0 saturated carbocycles. The molecule has 1 aliphatic heterocycles. The number of amides is 3. The second-order valence-corrected chi connectivity index (χ2v) is 7.58. The molecule has 1 fully saturated rings. The Hall–Kier alpha value is -2.83. The van der Waals surface area contributed by atoms with E-state index in [0.29, 0.717) is 22.2 Å². The summed E-state index contributed by atoms with van der Waals surface area (Å²) < 4.78 is 6.76. The van der Waals surface area contributed by atoms with Crippen molar-refractivity contribution in [2.75, 3.05) is 4.90 Å². The van der Waals surface area contributed by atoms with Gasteiger partial charge in [-0.3, -0.25) is 4.79 Å². The summed E-state index contributed by atoms with van der Waals surface area (Å²) in [6.45, 7) is 2.01. The molecule has 140 valence electrons. The second-order valence-electron chi connectivity index (χ2n) is 6.29. The highest BCUT2D eigenvalue weighted by molar-refractivity contribution is 9.10. The van der Waals surface area contributed by atoms with E-state index in [4.69, 9.17) is 16.0 Å². The Morgan fingerprint density at radius 2 is 1.93 bits per heavy atom. The van der Waals surface area contributed by atoms with Crippen molar-refractivity contribution in [3.63, 3.8) is 0 Å². The van der Waals surface area contributed by atoms with Gasteiger partial charge in [-0.15, -0.1) is 0 Å². The monoisotopic (exact) mass is 456 g/mol. The van der Waals surface area contributed by atoms with Gasteiger partial charge in [-0.05, 0) is 55.0 Å². The van der Waals surface area contributed by atoms with Gasteiger partial charge < -0.3 is 9.73 Å². The number of carbonyl (C=O) groups is 2. The minimum Gasteiger partial charge on any atom is -0.457 e. The lowest BCUT2D eigenvalue weighted by Crippen LogP contribution is -2.30. The van der Waals surface area contributed by atoms with Crippen molar-refractivity contribution in [1.29, 1.82) is 0 Å². The number of hydrogen-bond acceptors (Lipinski definition) is 3. The van der Waals surface area contributed by atoms with Crippen LogP contribution in [0, 0.1) is 6.92 Å². The van der Waals surface area contributed by atoms with Gasteiger partial charge in [0.05, 0.1) is 5.69 Å². The molecule has 1 saturated heterocycles. The van der Waals surface area contributed by atoms with Crippen LogP contribution in [0.4, 0.5) is 10.5 Å². The number of imide groups is 1. The maximum Gasteiger partial charge on any atom is 0.333 e. The Balaban J connectivity index is 1.62. The van der Waals surface area contributed by atoms with Crippen LogP contribution in [0.5, 0.6) is 0 Å². The molecule has 7 heteroatoms. The first-order valence-electron chi connectivity index (χ1n) is 8.41. The summed E-state index contributed by atoms with van der Waals surface area (Å²) in [6.07, 6.45) is 1.51. The number of hydrogen-bond donors (Lipinski definition) is 1. The largest absolute Gasteiger partial charge is 0.457 e. The number of furan rings is 1. The van der Waals surface area contributed by atoms with E-state index < -0.39 is 11.9 Å². The maximum atomic E-state index is 12.7. The molecule has 0 atom stereocenters. The summed E-state index contributed by atoms with van der Waals surface area (Å²) in [4.78, 5) is 26.0. The van der Waals surface area contributed by atoms with Crippen molar-refractivity contribution in [2.45, 2.75) is 6.92 Å². The lowest BCUT2D eigenvalue weighted by atomic mass is 10.1. The van der Waals surface area contributed by atoms with Gasteiger partial charge in [-0.1, -0.05) is 39.7 Å². The van der Waals surface area contributed by atoms with Crippen molar-refractivity contribution < 1.29 is 14.0 Å². The lowest BCUT2D eigenvalue weighted by molar-refractivity contribution is -0.113. The Labute approximate surface area is 174 Å². The third kappa shape index (κ3) is 3.48. The number of urea groups is 1. The van der Waals surface area contributed by atoms with Gasteiger partial charge in [0.2, 0.25) is 0 Å². The molecular formula is C21H14BrClN2O3. The first-order valence-corrected chi connectivity index (χ1v) is 9.58. The molecule has 0 radical (unpaired) electrons. The van der Waals surface area contributed by atoms with Crippen LogP contribution < -0.4 is 10.2 Å². The van der Waals surface area contributed by atoms with Crippen molar-refractivity contribution in [3.05, 3.63) is 81.1 Å². The lowest BCUT2D eigenvalue weighted by Gasteiger charge is -2.11. The van der Waals surface area contributed by atoms with Gasteiger partial charge in [-0.25, -0.2) is 9.69 Å². The van der Waals surface area contributed by atoms with E-state index in [1.807, 2.05) is 31.2 Å². The maximum absolute atomic E-state index is 12.7. The normalized spacial score (nSPS) is 15.4. The molecule has 3 amide bonds. The van der Waals surface area contributed by atoms with E-state index in [9.17, 15) is 9.59 Å². The summed E-state index contributed by atoms with van der Waals surface area (Å²) in [6, 6.07) is 15.5. The number of rotatable bonds is 3. The van der Waals surface area contributed by atoms with Crippen LogP contribution in [0.25, 0.3) is 17.4 Å². The SMILES string of the molecule is Cc1ccc(-c2ccc(C=C3NC(=O)N(c4cccc(Cl)c4)C3=O)o2)c(Br)c1. The van der Waals surface area contributed by atoms with Crippen LogP contribution in [0.2, 0.25) is 5.02 Å². The first-order chi connectivity index (χ1) is 13.4. The van der Waals surface area contributed by atoms with Crippen molar-refractivity contribution >= 4 is 51.2 Å². The minimum absolute atomic E-state index is 0.133. The molecule has 0 aliphatic carbocycles. The van der Waals surface area contributed by atoms with Gasteiger partial charge in [0.15, 0.2) is 0 Å². The van der Waals surface area contributed by atoms with Gasteiger partial charge in [-0.2, -0.15) is 0 Å². The van der Waals surface area contributed by atoms with E-state index in [2.05, 4.69) is 21.2 Å². The first kappa shape index (κ1) is 18.5. The van der Waals surface area contributed by atoms with Gasteiger partial charge in [0.1, 0.15) is 17.2 Å². The van der Waals surface area contributed by atoms with Crippen LogP contribution >= 0.6 is 27.5 Å². The number of nitrogens with zero attached hydrogens (tertiary/aromatic N) is 1. The zero-order valence-electron chi connectivity index (χ0n) is 14.7. The fourth-order valence-corrected chi connectivity index (χ4v) is 3.80. The number of carbonyl (C=O) groups excluding carboxylic acids is 2. The summed E-state index contributed by atoms with van der Waals surface area (Å²) >= 11 is 9.50. The van der Waals surface area contributed by atoms with E-state index in [1.54, 1.807) is 30.3 Å². The van der Waals surface area contributed by atoms with Crippen molar-refractivity contribution in [2.24, 2.45) is 0 Å². The molecule has 1 aromatic heterocycles. The van der Waals surface area contributed by atoms with Gasteiger partial charge in [0, 0.05) is 21.1 Å². The number of anilines is 1. The fraction of sp³-hybridized carbons (Fsp3) is 0.0476. The van der Waals surface area contributed by atoms with Crippen molar-refractivity contribution in [1.82, 2.24) is 5.32 Å². The third-order valence-electron chi connectivity index (χ3n) is 4.25. The third-order valence-corrected chi connectivity index (χ3v) is 5.14. The molecule has 0 bridgehead atoms.